The van der Waals surface area contributed by atoms with Gasteiger partial charge in [0.15, 0.2) is 0 Å². The van der Waals surface area contributed by atoms with Crippen molar-refractivity contribution in [1.82, 2.24) is 0 Å². The smallest absolute Gasteiger partial charge is 0.0106 e. The number of nitrogens with two attached hydrogens (primary N) is 1. The van der Waals surface area contributed by atoms with Gasteiger partial charge in [-0.2, -0.15) is 0 Å². The van der Waals surface area contributed by atoms with Crippen LogP contribution in [0.1, 0.15) is 20.8 Å². The van der Waals surface area contributed by atoms with E-state index in [0.717, 1.165) is 6.54 Å². The third-order valence-electron chi connectivity index (χ3n) is 0.667. The zero-order valence-electron chi connectivity index (χ0n) is 8.16. The first-order valence-electron chi connectivity index (χ1n) is 4.12. The minimum Gasteiger partial charge on any atom is -0.331 e. The molecule has 0 fully saturated rings. The average molecular weight is 190 g/mol. The van der Waals surface area contributed by atoms with Crippen molar-refractivity contribution in [3.8, 4) is 0 Å². The Morgan fingerprint density at radius 1 is 0.833 bits per heavy atom. The van der Waals surface area contributed by atoms with E-state index in [1.807, 2.05) is 57.2 Å². The Morgan fingerprint density at radius 3 is 1.00 bits per heavy atom. The summed E-state index contributed by atoms with van der Waals surface area (Å²) in [6.07, 6.45) is 0. The van der Waals surface area contributed by atoms with Crippen molar-refractivity contribution >= 4 is 12.4 Å². The molecule has 1 nitrogen and oxygen atoms in total. The fourth-order valence-electron chi connectivity index (χ4n) is 0.385. The molecule has 2 N–H and O–H groups in total. The maximum atomic E-state index is 4.85. The van der Waals surface area contributed by atoms with Crippen molar-refractivity contribution < 1.29 is 0 Å². The summed E-state index contributed by atoms with van der Waals surface area (Å²) >= 11 is 0. The molecule has 0 aromatic heterocycles. The van der Waals surface area contributed by atoms with Gasteiger partial charge in [0.05, 0.1) is 0 Å². The van der Waals surface area contributed by atoms with E-state index in [9.17, 15) is 0 Å². The Bertz CT molecular complexity index is 92.7. The van der Waals surface area contributed by atoms with E-state index in [1.54, 1.807) is 0 Å². The third kappa shape index (κ3) is 22.7. The summed E-state index contributed by atoms with van der Waals surface area (Å²) in [6, 6.07) is 12.0. The van der Waals surface area contributed by atoms with Crippen LogP contribution < -0.4 is 5.73 Å². The van der Waals surface area contributed by atoms with E-state index in [0.29, 0.717) is 0 Å². The van der Waals surface area contributed by atoms with Gasteiger partial charge in [0.25, 0.3) is 0 Å². The topological polar surface area (TPSA) is 26.0 Å². The summed E-state index contributed by atoms with van der Waals surface area (Å²) in [5.41, 5.74) is 4.85. The molecule has 1 aromatic carbocycles. The van der Waals surface area contributed by atoms with Crippen molar-refractivity contribution in [2.24, 2.45) is 5.73 Å². The molecule has 2 heteroatoms. The normalized spacial score (nSPS) is 6.00. The van der Waals surface area contributed by atoms with Crippen LogP contribution in [-0.2, 0) is 0 Å². The zero-order chi connectivity index (χ0) is 8.95. The molecular formula is C10H20ClN. The van der Waals surface area contributed by atoms with Gasteiger partial charge in [-0.1, -0.05) is 57.2 Å². The Labute approximate surface area is 82.4 Å². The van der Waals surface area contributed by atoms with E-state index >= 15 is 0 Å². The van der Waals surface area contributed by atoms with Crippen molar-refractivity contribution in [2.45, 2.75) is 20.8 Å². The highest BCUT2D eigenvalue weighted by Crippen LogP contribution is 1.79. The van der Waals surface area contributed by atoms with E-state index in [-0.39, 0.29) is 12.4 Å². The van der Waals surface area contributed by atoms with Crippen LogP contribution in [0.3, 0.4) is 0 Å². The maximum absolute atomic E-state index is 4.85. The lowest BCUT2D eigenvalue weighted by Crippen LogP contribution is -1.87. The molecule has 0 aliphatic carbocycles. The molecule has 12 heavy (non-hydrogen) atoms. The molecule has 0 amide bonds. The second-order valence-corrected chi connectivity index (χ2v) is 1.56. The third-order valence-corrected chi connectivity index (χ3v) is 0.667. The van der Waals surface area contributed by atoms with Crippen molar-refractivity contribution in [3.05, 3.63) is 36.4 Å². The predicted octanol–water partition coefficient (Wildman–Crippen LogP) is 3.10. The lowest BCUT2D eigenvalue weighted by molar-refractivity contribution is 1.14. The largest absolute Gasteiger partial charge is 0.331 e. The SMILES string of the molecule is CC.CCN.Cl.c1ccccc1. The molecule has 0 unspecified atom stereocenters. The molecule has 0 aliphatic heterocycles. The van der Waals surface area contributed by atoms with Crippen LogP contribution in [0.2, 0.25) is 0 Å². The van der Waals surface area contributed by atoms with Gasteiger partial charge in [0.2, 0.25) is 0 Å². The van der Waals surface area contributed by atoms with Gasteiger partial charge in [-0.25, -0.2) is 0 Å². The molecule has 0 aliphatic rings. The van der Waals surface area contributed by atoms with Crippen molar-refractivity contribution in [3.63, 3.8) is 0 Å². The summed E-state index contributed by atoms with van der Waals surface area (Å²) in [4.78, 5) is 0. The Balaban J connectivity index is -0.000000119. The standard InChI is InChI=1S/C6H6.C2H7N.C2H6.ClH/c1-2-4-6-5-3-1;1-2-3;1-2;/h1-6H;2-3H2,1H3;1-2H3;1H. The number of benzene rings is 1. The second kappa shape index (κ2) is 22.4. The van der Waals surface area contributed by atoms with E-state index in [1.165, 1.54) is 0 Å². The summed E-state index contributed by atoms with van der Waals surface area (Å²) in [7, 11) is 0. The van der Waals surface area contributed by atoms with Gasteiger partial charge in [-0.15, -0.1) is 12.4 Å². The van der Waals surface area contributed by atoms with Crippen LogP contribution in [0.5, 0.6) is 0 Å². The number of hydrogen-bond donors (Lipinski definition) is 1. The molecule has 1 aromatic rings. The van der Waals surface area contributed by atoms with Gasteiger partial charge >= 0.3 is 0 Å². The second-order valence-electron chi connectivity index (χ2n) is 1.56. The lowest BCUT2D eigenvalue weighted by atomic mass is 10.4. The number of halogens is 1. The van der Waals surface area contributed by atoms with Gasteiger partial charge in [0, 0.05) is 0 Å². The molecule has 0 bridgehead atoms. The summed E-state index contributed by atoms with van der Waals surface area (Å²) in [5, 5.41) is 0. The predicted molar refractivity (Wildman–Crippen MR) is 59.8 cm³/mol. The monoisotopic (exact) mass is 189 g/mol. The minimum atomic E-state index is 0. The van der Waals surface area contributed by atoms with Crippen LogP contribution >= 0.6 is 12.4 Å². The number of rotatable bonds is 0. The highest BCUT2D eigenvalue weighted by atomic mass is 35.5. The highest BCUT2D eigenvalue weighted by Gasteiger charge is 1.57. The molecular weight excluding hydrogens is 170 g/mol. The van der Waals surface area contributed by atoms with Crippen molar-refractivity contribution in [1.29, 1.82) is 0 Å². The first kappa shape index (κ1) is 17.5. The fourth-order valence-corrected chi connectivity index (χ4v) is 0.385. The quantitative estimate of drug-likeness (QED) is 0.667. The summed E-state index contributed by atoms with van der Waals surface area (Å²) in [6.45, 7) is 6.65. The van der Waals surface area contributed by atoms with E-state index in [4.69, 9.17) is 5.73 Å². The Kier molecular flexibility index (Phi) is 32.8. The zero-order valence-corrected chi connectivity index (χ0v) is 8.97. The Morgan fingerprint density at radius 2 is 0.917 bits per heavy atom. The summed E-state index contributed by atoms with van der Waals surface area (Å²) in [5.74, 6) is 0. The summed E-state index contributed by atoms with van der Waals surface area (Å²) < 4.78 is 0. The fraction of sp³-hybridized carbons (Fsp3) is 0.400. The van der Waals surface area contributed by atoms with E-state index < -0.39 is 0 Å². The lowest BCUT2D eigenvalue weighted by Gasteiger charge is -1.69. The van der Waals surface area contributed by atoms with Crippen LogP contribution in [0.25, 0.3) is 0 Å². The van der Waals surface area contributed by atoms with Gasteiger partial charge in [-0.3, -0.25) is 0 Å². The maximum Gasteiger partial charge on any atom is -0.0106 e. The highest BCUT2D eigenvalue weighted by molar-refractivity contribution is 5.85. The molecule has 1 rings (SSSR count). The van der Waals surface area contributed by atoms with Crippen LogP contribution in [-0.4, -0.2) is 6.54 Å². The Hall–Kier alpha value is -0.530. The molecule has 0 radical (unpaired) electrons. The first-order valence-corrected chi connectivity index (χ1v) is 4.12. The molecule has 0 saturated carbocycles. The van der Waals surface area contributed by atoms with E-state index in [2.05, 4.69) is 0 Å². The van der Waals surface area contributed by atoms with Crippen LogP contribution in [0.4, 0.5) is 0 Å². The minimum absolute atomic E-state index is 0. The molecule has 72 valence electrons. The molecule has 0 atom stereocenters. The average Bonchev–Trinajstić information content (AvgIpc) is 2.12. The van der Waals surface area contributed by atoms with Gasteiger partial charge < -0.3 is 5.73 Å². The van der Waals surface area contributed by atoms with Crippen LogP contribution in [0, 0.1) is 0 Å². The van der Waals surface area contributed by atoms with Crippen LogP contribution in [0.15, 0.2) is 36.4 Å². The van der Waals surface area contributed by atoms with Gasteiger partial charge in [0.1, 0.15) is 0 Å². The first-order chi connectivity index (χ1) is 5.41. The van der Waals surface area contributed by atoms with Crippen molar-refractivity contribution in [2.75, 3.05) is 6.54 Å². The molecule has 0 spiro atoms. The van der Waals surface area contributed by atoms with Gasteiger partial charge in [-0.05, 0) is 6.54 Å². The molecule has 0 heterocycles. The number of hydrogen-bond acceptors (Lipinski definition) is 1. The molecule has 0 saturated heterocycles.